The number of aliphatic carboxylic acids is 1. The van der Waals surface area contributed by atoms with E-state index in [-0.39, 0.29) is 21.7 Å². The summed E-state index contributed by atoms with van der Waals surface area (Å²) in [6.07, 6.45) is -4.76. The van der Waals surface area contributed by atoms with Crippen molar-refractivity contribution < 1.29 is 31.9 Å². The molecule has 1 atom stereocenters. The Morgan fingerprint density at radius 3 is 2.42 bits per heavy atom. The second kappa shape index (κ2) is 8.44. The number of carboxylic acid groups (broad SMARTS) is 1. The Morgan fingerprint density at radius 2 is 1.69 bits per heavy atom. The van der Waals surface area contributed by atoms with E-state index in [0.717, 1.165) is 34.5 Å². The van der Waals surface area contributed by atoms with Gasteiger partial charge in [0.2, 0.25) is 0 Å². The van der Waals surface area contributed by atoms with E-state index in [0.29, 0.717) is 11.5 Å². The molecule has 0 bridgehead atoms. The summed E-state index contributed by atoms with van der Waals surface area (Å²) >= 11 is 0.810. The first-order valence-electron chi connectivity index (χ1n) is 10.6. The molecular formula is C25H15F5N2O3S. The SMILES string of the molecule is O=C(O)C1CSc2c(-c3cccc(C(F)(F)F)c3)c(C(F)(F)c3cccc4ccccc34)nc(=O)n21. The predicted octanol–water partition coefficient (Wildman–Crippen LogP) is 5.95. The van der Waals surface area contributed by atoms with Crippen LogP contribution in [-0.4, -0.2) is 26.4 Å². The molecule has 0 radical (unpaired) electrons. The van der Waals surface area contributed by atoms with Gasteiger partial charge in [0.15, 0.2) is 0 Å². The van der Waals surface area contributed by atoms with Crippen molar-refractivity contribution in [2.75, 3.05) is 5.75 Å². The minimum Gasteiger partial charge on any atom is -0.480 e. The van der Waals surface area contributed by atoms with Crippen LogP contribution >= 0.6 is 11.8 Å². The summed E-state index contributed by atoms with van der Waals surface area (Å²) in [6.45, 7) is 0. The molecule has 4 aromatic rings. The van der Waals surface area contributed by atoms with Crippen LogP contribution in [0.2, 0.25) is 0 Å². The number of thioether (sulfide) groups is 1. The average molecular weight is 518 g/mol. The maximum absolute atomic E-state index is 16.2. The number of aromatic nitrogens is 2. The van der Waals surface area contributed by atoms with Crippen molar-refractivity contribution in [1.82, 2.24) is 9.55 Å². The first-order valence-corrected chi connectivity index (χ1v) is 11.5. The van der Waals surface area contributed by atoms with E-state index >= 15 is 8.78 Å². The highest BCUT2D eigenvalue weighted by atomic mass is 32.2. The molecule has 2 heterocycles. The van der Waals surface area contributed by atoms with Crippen molar-refractivity contribution in [2.45, 2.75) is 23.2 Å². The third-order valence-electron chi connectivity index (χ3n) is 5.96. The Morgan fingerprint density at radius 1 is 1.00 bits per heavy atom. The molecule has 0 aliphatic carbocycles. The van der Waals surface area contributed by atoms with Crippen molar-refractivity contribution >= 4 is 28.5 Å². The topological polar surface area (TPSA) is 72.2 Å². The van der Waals surface area contributed by atoms with Crippen molar-refractivity contribution in [3.8, 4) is 11.1 Å². The van der Waals surface area contributed by atoms with Crippen LogP contribution in [0, 0.1) is 0 Å². The lowest BCUT2D eigenvalue weighted by Crippen LogP contribution is -2.34. The number of alkyl halides is 5. The number of halogens is 5. The molecule has 0 fully saturated rings. The molecule has 0 spiro atoms. The molecule has 0 amide bonds. The van der Waals surface area contributed by atoms with Crippen LogP contribution in [0.1, 0.15) is 22.9 Å². The number of rotatable bonds is 4. The maximum Gasteiger partial charge on any atom is 0.416 e. The average Bonchev–Trinajstić information content (AvgIpc) is 3.29. The summed E-state index contributed by atoms with van der Waals surface area (Å²) in [4.78, 5) is 28.2. The second-order valence-electron chi connectivity index (χ2n) is 8.14. The van der Waals surface area contributed by atoms with Gasteiger partial charge in [0.05, 0.1) is 10.6 Å². The molecule has 1 aliphatic heterocycles. The van der Waals surface area contributed by atoms with Crippen molar-refractivity contribution in [3.63, 3.8) is 0 Å². The number of nitrogens with zero attached hydrogens (tertiary/aromatic N) is 2. The maximum atomic E-state index is 16.2. The molecule has 184 valence electrons. The zero-order chi connectivity index (χ0) is 25.8. The van der Waals surface area contributed by atoms with Gasteiger partial charge in [-0.2, -0.15) is 26.9 Å². The summed E-state index contributed by atoms with van der Waals surface area (Å²) in [7, 11) is 0. The van der Waals surface area contributed by atoms with Crippen molar-refractivity contribution in [2.24, 2.45) is 0 Å². The van der Waals surface area contributed by atoms with E-state index in [9.17, 15) is 27.9 Å². The molecule has 5 rings (SSSR count). The third kappa shape index (κ3) is 3.83. The summed E-state index contributed by atoms with van der Waals surface area (Å²) in [5, 5.41) is 10.0. The van der Waals surface area contributed by atoms with Crippen LogP contribution in [0.15, 0.2) is 76.6 Å². The Labute approximate surface area is 204 Å². The molecule has 36 heavy (non-hydrogen) atoms. The van der Waals surface area contributed by atoms with Crippen LogP contribution < -0.4 is 5.69 Å². The normalized spacial score (nSPS) is 15.8. The van der Waals surface area contributed by atoms with E-state index in [4.69, 9.17) is 0 Å². The van der Waals surface area contributed by atoms with Gasteiger partial charge in [0.1, 0.15) is 11.7 Å². The van der Waals surface area contributed by atoms with Crippen LogP contribution in [0.25, 0.3) is 21.9 Å². The minimum atomic E-state index is -4.76. The molecule has 3 aromatic carbocycles. The molecular weight excluding hydrogens is 503 g/mol. The first kappa shape index (κ1) is 24.0. The monoisotopic (exact) mass is 518 g/mol. The summed E-state index contributed by atoms with van der Waals surface area (Å²) < 4.78 is 73.6. The lowest BCUT2D eigenvalue weighted by atomic mass is 9.93. The molecule has 11 heteroatoms. The zero-order valence-corrected chi connectivity index (χ0v) is 18.9. The highest BCUT2D eigenvalue weighted by Gasteiger charge is 2.44. The number of benzene rings is 3. The van der Waals surface area contributed by atoms with E-state index in [1.807, 2.05) is 0 Å². The molecule has 1 N–H and O–H groups in total. The summed E-state index contributed by atoms with van der Waals surface area (Å²) in [5.74, 6) is -5.45. The highest BCUT2D eigenvalue weighted by Crippen LogP contribution is 2.48. The number of hydrogen-bond donors (Lipinski definition) is 1. The fourth-order valence-electron chi connectivity index (χ4n) is 4.31. The van der Waals surface area contributed by atoms with Gasteiger partial charge < -0.3 is 5.11 Å². The van der Waals surface area contributed by atoms with Crippen LogP contribution in [0.3, 0.4) is 0 Å². The van der Waals surface area contributed by atoms with Crippen LogP contribution in [0.4, 0.5) is 22.0 Å². The quantitative estimate of drug-likeness (QED) is 0.267. The van der Waals surface area contributed by atoms with E-state index in [1.165, 1.54) is 18.2 Å². The first-order chi connectivity index (χ1) is 17.0. The van der Waals surface area contributed by atoms with Crippen LogP contribution in [0.5, 0.6) is 0 Å². The molecule has 0 saturated carbocycles. The lowest BCUT2D eigenvalue weighted by Gasteiger charge is -2.23. The summed E-state index contributed by atoms with van der Waals surface area (Å²) in [5.41, 5.74) is -4.48. The standard InChI is InChI=1S/C25H15F5N2O3S/c26-24(27,17-10-4-6-13-5-1-2-9-16(13)17)20-19(14-7-3-8-15(11-14)25(28,29)30)21-32(23(35)31-20)18(12-36-21)22(33)34/h1-11,18H,12H2,(H,33,34). The van der Waals surface area contributed by atoms with Crippen molar-refractivity contribution in [1.29, 1.82) is 0 Å². The van der Waals surface area contributed by atoms with Gasteiger partial charge in [-0.05, 0) is 28.5 Å². The Bertz CT molecular complexity index is 1580. The van der Waals surface area contributed by atoms with Gasteiger partial charge in [0.25, 0.3) is 0 Å². The largest absolute Gasteiger partial charge is 0.480 e. The predicted molar refractivity (Wildman–Crippen MR) is 123 cm³/mol. The fraction of sp³-hybridized carbons (Fsp3) is 0.160. The Kier molecular flexibility index (Phi) is 5.62. The van der Waals surface area contributed by atoms with Crippen LogP contribution in [-0.2, 0) is 16.9 Å². The van der Waals surface area contributed by atoms with E-state index in [2.05, 4.69) is 4.98 Å². The molecule has 5 nitrogen and oxygen atoms in total. The fourth-order valence-corrected chi connectivity index (χ4v) is 5.62. The van der Waals surface area contributed by atoms with Gasteiger partial charge >= 0.3 is 23.8 Å². The minimum absolute atomic E-state index is 0.165. The van der Waals surface area contributed by atoms with E-state index < -0.39 is 52.2 Å². The number of fused-ring (bicyclic) bond motifs is 2. The molecule has 1 aliphatic rings. The number of carboxylic acids is 1. The van der Waals surface area contributed by atoms with Gasteiger partial charge in [0, 0.05) is 16.9 Å². The van der Waals surface area contributed by atoms with Crippen molar-refractivity contribution in [3.05, 3.63) is 94.0 Å². The van der Waals surface area contributed by atoms with Gasteiger partial charge in [-0.25, -0.2) is 9.59 Å². The number of carbonyl (C=O) groups is 1. The number of hydrogen-bond acceptors (Lipinski definition) is 4. The highest BCUT2D eigenvalue weighted by molar-refractivity contribution is 7.99. The molecule has 1 aromatic heterocycles. The lowest BCUT2D eigenvalue weighted by molar-refractivity contribution is -0.140. The smallest absolute Gasteiger partial charge is 0.416 e. The molecule has 0 saturated heterocycles. The van der Waals surface area contributed by atoms with Gasteiger partial charge in [-0.3, -0.25) is 4.57 Å². The Balaban J connectivity index is 1.85. The summed E-state index contributed by atoms with van der Waals surface area (Å²) in [6, 6.07) is 12.9. The second-order valence-corrected chi connectivity index (χ2v) is 9.15. The molecule has 1 unspecified atom stereocenters. The zero-order valence-electron chi connectivity index (χ0n) is 18.1. The third-order valence-corrected chi connectivity index (χ3v) is 7.12. The van der Waals surface area contributed by atoms with E-state index in [1.54, 1.807) is 24.3 Å². The van der Waals surface area contributed by atoms with Gasteiger partial charge in [-0.15, -0.1) is 11.8 Å². The Hall–Kier alpha value is -3.73. The van der Waals surface area contributed by atoms with Gasteiger partial charge in [-0.1, -0.05) is 54.6 Å².